The Morgan fingerprint density at radius 3 is 2.48 bits per heavy atom. The standard InChI is InChI=1S/C17H24N4O.ClH/c1-12(2)17-14(10-19-16(22)9-13(3)18)11-21(20-17)15-7-5-4-6-8-15;/h4-8,11-13H,9-10,18H2,1-3H3,(H,19,22);1H. The highest BCUT2D eigenvalue weighted by Gasteiger charge is 2.14. The second-order valence-corrected chi connectivity index (χ2v) is 5.93. The number of halogens is 1. The monoisotopic (exact) mass is 336 g/mol. The van der Waals surface area contributed by atoms with Gasteiger partial charge >= 0.3 is 0 Å². The fourth-order valence-corrected chi connectivity index (χ4v) is 2.32. The molecule has 0 radical (unpaired) electrons. The number of carbonyl (C=O) groups excluding carboxylic acids is 1. The fourth-order valence-electron chi connectivity index (χ4n) is 2.32. The van der Waals surface area contributed by atoms with Gasteiger partial charge in [-0.2, -0.15) is 5.10 Å². The van der Waals surface area contributed by atoms with Gasteiger partial charge in [-0.3, -0.25) is 4.79 Å². The van der Waals surface area contributed by atoms with Gasteiger partial charge in [0.1, 0.15) is 0 Å². The Balaban J connectivity index is 0.00000264. The molecule has 1 amide bonds. The third-order valence-electron chi connectivity index (χ3n) is 3.37. The first kappa shape index (κ1) is 19.2. The minimum absolute atomic E-state index is 0. The molecule has 2 aromatic rings. The summed E-state index contributed by atoms with van der Waals surface area (Å²) in [5.74, 6) is 0.266. The summed E-state index contributed by atoms with van der Waals surface area (Å²) in [7, 11) is 0. The third kappa shape index (κ3) is 5.37. The van der Waals surface area contributed by atoms with Crippen molar-refractivity contribution in [2.45, 2.75) is 45.7 Å². The van der Waals surface area contributed by atoms with E-state index in [-0.39, 0.29) is 24.4 Å². The molecule has 3 N–H and O–H groups in total. The van der Waals surface area contributed by atoms with Crippen LogP contribution in [0.5, 0.6) is 0 Å². The second kappa shape index (κ2) is 8.70. The molecule has 1 aromatic carbocycles. The summed E-state index contributed by atoms with van der Waals surface area (Å²) < 4.78 is 1.86. The van der Waals surface area contributed by atoms with E-state index in [4.69, 9.17) is 5.73 Å². The molecule has 6 heteroatoms. The van der Waals surface area contributed by atoms with Crippen molar-refractivity contribution in [2.75, 3.05) is 0 Å². The summed E-state index contributed by atoms with van der Waals surface area (Å²) in [4.78, 5) is 11.8. The number of para-hydroxylation sites is 1. The topological polar surface area (TPSA) is 72.9 Å². The summed E-state index contributed by atoms with van der Waals surface area (Å²) in [6, 6.07) is 9.83. The highest BCUT2D eigenvalue weighted by Crippen LogP contribution is 2.19. The van der Waals surface area contributed by atoms with Gasteiger partial charge in [0.15, 0.2) is 0 Å². The molecule has 1 atom stereocenters. The van der Waals surface area contributed by atoms with E-state index in [1.165, 1.54) is 0 Å². The van der Waals surface area contributed by atoms with Gasteiger partial charge in [0.2, 0.25) is 5.91 Å². The number of hydrogen-bond acceptors (Lipinski definition) is 3. The van der Waals surface area contributed by atoms with Crippen molar-refractivity contribution in [3.63, 3.8) is 0 Å². The zero-order valence-electron chi connectivity index (χ0n) is 13.8. The molecule has 1 aromatic heterocycles. The highest BCUT2D eigenvalue weighted by molar-refractivity contribution is 5.85. The van der Waals surface area contributed by atoms with Crippen LogP contribution in [0.2, 0.25) is 0 Å². The normalized spacial score (nSPS) is 11.9. The van der Waals surface area contributed by atoms with Crippen molar-refractivity contribution in [2.24, 2.45) is 5.73 Å². The second-order valence-electron chi connectivity index (χ2n) is 5.93. The molecule has 1 unspecified atom stereocenters. The van der Waals surface area contributed by atoms with Crippen LogP contribution in [-0.4, -0.2) is 21.7 Å². The number of carbonyl (C=O) groups is 1. The van der Waals surface area contributed by atoms with Gasteiger partial charge in [-0.25, -0.2) is 4.68 Å². The van der Waals surface area contributed by atoms with E-state index in [9.17, 15) is 4.79 Å². The van der Waals surface area contributed by atoms with Crippen molar-refractivity contribution in [1.82, 2.24) is 15.1 Å². The van der Waals surface area contributed by atoms with Crippen LogP contribution in [0.1, 0.15) is 44.4 Å². The van der Waals surface area contributed by atoms with E-state index in [1.54, 1.807) is 0 Å². The number of aromatic nitrogens is 2. The first-order chi connectivity index (χ1) is 10.5. The molecule has 1 heterocycles. The van der Waals surface area contributed by atoms with E-state index >= 15 is 0 Å². The predicted molar refractivity (Wildman–Crippen MR) is 95.0 cm³/mol. The Morgan fingerprint density at radius 1 is 1.26 bits per heavy atom. The van der Waals surface area contributed by atoms with Crippen LogP contribution >= 0.6 is 12.4 Å². The largest absolute Gasteiger partial charge is 0.352 e. The Bertz CT molecular complexity index is 623. The third-order valence-corrected chi connectivity index (χ3v) is 3.37. The maximum Gasteiger partial charge on any atom is 0.221 e. The number of amides is 1. The fraction of sp³-hybridized carbons (Fsp3) is 0.412. The van der Waals surface area contributed by atoms with Crippen LogP contribution in [0.25, 0.3) is 5.69 Å². The van der Waals surface area contributed by atoms with Crippen molar-refractivity contribution in [1.29, 1.82) is 0 Å². The van der Waals surface area contributed by atoms with Crippen LogP contribution in [0.3, 0.4) is 0 Å². The Morgan fingerprint density at radius 2 is 1.91 bits per heavy atom. The Hall–Kier alpha value is -1.85. The number of rotatable bonds is 6. The van der Waals surface area contributed by atoms with Crippen LogP contribution in [0, 0.1) is 0 Å². The van der Waals surface area contributed by atoms with E-state index in [1.807, 2.05) is 48.1 Å². The zero-order chi connectivity index (χ0) is 16.1. The molecule has 0 aliphatic rings. The van der Waals surface area contributed by atoms with Gasteiger partial charge < -0.3 is 11.1 Å². The van der Waals surface area contributed by atoms with Gasteiger partial charge in [0, 0.05) is 30.8 Å². The lowest BCUT2D eigenvalue weighted by atomic mass is 10.1. The zero-order valence-corrected chi connectivity index (χ0v) is 14.6. The van der Waals surface area contributed by atoms with Crippen molar-refractivity contribution in [3.05, 3.63) is 47.8 Å². The quantitative estimate of drug-likeness (QED) is 0.852. The van der Waals surface area contributed by atoms with Gasteiger partial charge in [-0.05, 0) is 25.0 Å². The minimum Gasteiger partial charge on any atom is -0.352 e. The molecule has 5 nitrogen and oxygen atoms in total. The number of nitrogens with two attached hydrogens (primary N) is 1. The number of hydrogen-bond donors (Lipinski definition) is 2. The molecule has 0 saturated heterocycles. The lowest BCUT2D eigenvalue weighted by molar-refractivity contribution is -0.121. The van der Waals surface area contributed by atoms with E-state index in [0.717, 1.165) is 16.9 Å². The molecule has 2 rings (SSSR count). The van der Waals surface area contributed by atoms with Crippen LogP contribution < -0.4 is 11.1 Å². The van der Waals surface area contributed by atoms with Gasteiger partial charge in [0.25, 0.3) is 0 Å². The molecular weight excluding hydrogens is 312 g/mol. The summed E-state index contributed by atoms with van der Waals surface area (Å²) in [5.41, 5.74) is 8.70. The Labute approximate surface area is 143 Å². The SMILES string of the molecule is CC(N)CC(=O)NCc1cn(-c2ccccc2)nc1C(C)C.Cl. The summed E-state index contributed by atoms with van der Waals surface area (Å²) >= 11 is 0. The van der Waals surface area contributed by atoms with Crippen molar-refractivity contribution < 1.29 is 4.79 Å². The van der Waals surface area contributed by atoms with E-state index in [2.05, 4.69) is 24.3 Å². The average molecular weight is 337 g/mol. The van der Waals surface area contributed by atoms with Gasteiger partial charge in [-0.1, -0.05) is 32.0 Å². The Kier molecular flexibility index (Phi) is 7.26. The van der Waals surface area contributed by atoms with Crippen LogP contribution in [-0.2, 0) is 11.3 Å². The average Bonchev–Trinajstić information content (AvgIpc) is 2.90. The summed E-state index contributed by atoms with van der Waals surface area (Å²) in [5, 5.41) is 7.58. The minimum atomic E-state index is -0.128. The lowest BCUT2D eigenvalue weighted by Crippen LogP contribution is -2.29. The first-order valence-corrected chi connectivity index (χ1v) is 7.63. The number of benzene rings is 1. The molecule has 23 heavy (non-hydrogen) atoms. The smallest absolute Gasteiger partial charge is 0.221 e. The first-order valence-electron chi connectivity index (χ1n) is 7.63. The molecule has 0 bridgehead atoms. The highest BCUT2D eigenvalue weighted by atomic mass is 35.5. The molecule has 126 valence electrons. The summed E-state index contributed by atoms with van der Waals surface area (Å²) in [6.45, 7) is 6.51. The van der Waals surface area contributed by atoms with Gasteiger partial charge in [0.05, 0.1) is 11.4 Å². The predicted octanol–water partition coefficient (Wildman–Crippen LogP) is 2.77. The van der Waals surface area contributed by atoms with Crippen LogP contribution in [0.4, 0.5) is 0 Å². The molecule has 0 spiro atoms. The molecular formula is C17H25ClN4O. The van der Waals surface area contributed by atoms with Crippen molar-refractivity contribution >= 4 is 18.3 Å². The molecule has 0 aliphatic heterocycles. The van der Waals surface area contributed by atoms with E-state index in [0.29, 0.717) is 18.9 Å². The molecule has 0 fully saturated rings. The van der Waals surface area contributed by atoms with E-state index < -0.39 is 0 Å². The molecule has 0 aliphatic carbocycles. The maximum absolute atomic E-state index is 11.8. The number of nitrogens with zero attached hydrogens (tertiary/aromatic N) is 2. The van der Waals surface area contributed by atoms with Crippen LogP contribution in [0.15, 0.2) is 36.5 Å². The maximum atomic E-state index is 11.8. The number of nitrogens with one attached hydrogen (secondary N) is 1. The van der Waals surface area contributed by atoms with Gasteiger partial charge in [-0.15, -0.1) is 12.4 Å². The molecule has 0 saturated carbocycles. The summed E-state index contributed by atoms with van der Waals surface area (Å²) in [6.07, 6.45) is 2.32. The lowest BCUT2D eigenvalue weighted by Gasteiger charge is -2.08. The van der Waals surface area contributed by atoms with Crippen molar-refractivity contribution in [3.8, 4) is 5.69 Å².